The number of nitrogens with zero attached hydrogens (tertiary/aromatic N) is 2. The first-order chi connectivity index (χ1) is 5.83. The van der Waals surface area contributed by atoms with Gasteiger partial charge >= 0.3 is 75.5 Å². The van der Waals surface area contributed by atoms with Gasteiger partial charge in [0.05, 0.1) is 0 Å². The number of rotatable bonds is 0. The minimum atomic E-state index is 0.292. The van der Waals surface area contributed by atoms with E-state index in [1.165, 1.54) is 9.78 Å². The van der Waals surface area contributed by atoms with Crippen molar-refractivity contribution in [1.82, 2.24) is 4.57 Å². The zero-order valence-electron chi connectivity index (χ0n) is 6.69. The summed E-state index contributed by atoms with van der Waals surface area (Å²) in [6.07, 6.45) is 0. The number of aromatic nitrogens is 1. The molecular weight excluding hydrogens is 217 g/mol. The Labute approximate surface area is 75.9 Å². The average molecular weight is 226 g/mol. The van der Waals surface area contributed by atoms with Crippen LogP contribution in [-0.2, 0) is 7.05 Å². The minimum absolute atomic E-state index is 0.292. The summed E-state index contributed by atoms with van der Waals surface area (Å²) in [5.41, 5.74) is 1.24. The zero-order valence-corrected chi connectivity index (χ0v) is 8.40. The summed E-state index contributed by atoms with van der Waals surface area (Å²) in [6.45, 7) is 0. The van der Waals surface area contributed by atoms with E-state index >= 15 is 0 Å². The Hall–Kier alpha value is -0.991. The molecule has 3 nitrogen and oxygen atoms in total. The third-order valence-electron chi connectivity index (χ3n) is 1.83. The first kappa shape index (κ1) is 7.65. The molecule has 12 heavy (non-hydrogen) atoms. The van der Waals surface area contributed by atoms with Crippen LogP contribution in [-0.4, -0.2) is 19.1 Å². The molecule has 0 aliphatic carbocycles. The van der Waals surface area contributed by atoms with Crippen LogP contribution < -0.4 is 10.2 Å². The molecule has 0 atom stereocenters. The van der Waals surface area contributed by atoms with Gasteiger partial charge in [0.25, 0.3) is 0 Å². The van der Waals surface area contributed by atoms with Gasteiger partial charge in [-0.2, -0.15) is 0 Å². The van der Waals surface area contributed by atoms with Gasteiger partial charge in [0.2, 0.25) is 0 Å². The molecule has 2 aromatic rings. The molecule has 62 valence electrons. The van der Waals surface area contributed by atoms with Crippen molar-refractivity contribution in [3.05, 3.63) is 28.6 Å². The summed E-state index contributed by atoms with van der Waals surface area (Å²) in [5.74, 6) is 5.27. The van der Waals surface area contributed by atoms with Crippen molar-refractivity contribution in [1.29, 1.82) is 0 Å². The van der Waals surface area contributed by atoms with Crippen molar-refractivity contribution >= 4 is 24.3 Å². The topological polar surface area (TPSA) is 43.3 Å². The summed E-state index contributed by atoms with van der Waals surface area (Å²) in [6, 6.07) is 8.30. The van der Waals surface area contributed by atoms with Crippen LogP contribution in [0.25, 0.3) is 9.78 Å². The summed E-state index contributed by atoms with van der Waals surface area (Å²) < 4.78 is 4.40. The molecule has 4 heteroatoms. The van der Waals surface area contributed by atoms with Gasteiger partial charge in [0.1, 0.15) is 0 Å². The van der Waals surface area contributed by atoms with Crippen molar-refractivity contribution in [3.8, 4) is 0 Å². The van der Waals surface area contributed by atoms with E-state index < -0.39 is 0 Å². The first-order valence-corrected chi connectivity index (χ1v) is 5.32. The summed E-state index contributed by atoms with van der Waals surface area (Å²) in [4.78, 5) is 0. The standard InChI is InChI=1S/C8H9N3Se/c1-11-6-4-2-3-5-7(6)12-8(11)10-9/h2-5H,9H2,1H3. The second kappa shape index (κ2) is 2.81. The SMILES string of the molecule is Cn1c(=NN)[se]c2ccccc21. The van der Waals surface area contributed by atoms with Crippen molar-refractivity contribution in [2.45, 2.75) is 0 Å². The molecule has 0 saturated heterocycles. The molecule has 0 amide bonds. The molecule has 1 heterocycles. The summed E-state index contributed by atoms with van der Waals surface area (Å²) in [7, 11) is 2.00. The van der Waals surface area contributed by atoms with Crippen molar-refractivity contribution in [2.24, 2.45) is 18.0 Å². The molecule has 2 N–H and O–H groups in total. The molecule has 0 unspecified atom stereocenters. The van der Waals surface area contributed by atoms with E-state index in [9.17, 15) is 0 Å². The number of aryl methyl sites for hydroxylation is 1. The molecule has 0 radical (unpaired) electrons. The Bertz CT molecular complexity index is 466. The normalized spacial score (nSPS) is 12.6. The molecular formula is C8H9N3Se. The third kappa shape index (κ3) is 1.00. The molecule has 0 aliphatic rings. The number of hydrogen-bond donors (Lipinski definition) is 1. The Balaban J connectivity index is 2.98. The maximum absolute atomic E-state index is 5.27. The van der Waals surface area contributed by atoms with Crippen molar-refractivity contribution in [3.63, 3.8) is 0 Å². The number of hydrogen-bond acceptors (Lipinski definition) is 2. The van der Waals surface area contributed by atoms with E-state index in [1.54, 1.807) is 0 Å². The Morgan fingerprint density at radius 2 is 2.17 bits per heavy atom. The number of fused-ring (bicyclic) bond motifs is 1. The van der Waals surface area contributed by atoms with Gasteiger partial charge in [-0.05, 0) is 0 Å². The molecule has 1 aromatic heterocycles. The van der Waals surface area contributed by atoms with Crippen LogP contribution in [0.4, 0.5) is 0 Å². The van der Waals surface area contributed by atoms with Crippen molar-refractivity contribution < 1.29 is 0 Å². The molecule has 0 spiro atoms. The molecule has 0 aliphatic heterocycles. The van der Waals surface area contributed by atoms with Crippen LogP contribution in [0, 0.1) is 0 Å². The van der Waals surface area contributed by atoms with Gasteiger partial charge in [-0.15, -0.1) is 0 Å². The summed E-state index contributed by atoms with van der Waals surface area (Å²) in [5, 5.41) is 3.75. The fourth-order valence-electron chi connectivity index (χ4n) is 1.20. The monoisotopic (exact) mass is 227 g/mol. The molecule has 2 rings (SSSR count). The number of nitrogens with two attached hydrogens (primary N) is 1. The molecule has 0 fully saturated rings. The van der Waals surface area contributed by atoms with Gasteiger partial charge in [-0.25, -0.2) is 0 Å². The van der Waals surface area contributed by atoms with E-state index in [4.69, 9.17) is 5.84 Å². The maximum atomic E-state index is 5.27. The van der Waals surface area contributed by atoms with E-state index in [0.29, 0.717) is 14.5 Å². The van der Waals surface area contributed by atoms with Crippen LogP contribution in [0.1, 0.15) is 0 Å². The zero-order chi connectivity index (χ0) is 8.55. The van der Waals surface area contributed by atoms with Gasteiger partial charge in [0.15, 0.2) is 0 Å². The fourth-order valence-corrected chi connectivity index (χ4v) is 3.18. The van der Waals surface area contributed by atoms with Gasteiger partial charge < -0.3 is 0 Å². The first-order valence-electron chi connectivity index (χ1n) is 3.61. The average Bonchev–Trinajstić information content (AvgIpc) is 2.44. The van der Waals surface area contributed by atoms with Gasteiger partial charge in [-0.1, -0.05) is 0 Å². The van der Waals surface area contributed by atoms with Crippen LogP contribution in [0.3, 0.4) is 0 Å². The van der Waals surface area contributed by atoms with Gasteiger partial charge in [0, 0.05) is 0 Å². The number of para-hydroxylation sites is 1. The van der Waals surface area contributed by atoms with Crippen LogP contribution in [0.2, 0.25) is 0 Å². The fraction of sp³-hybridized carbons (Fsp3) is 0.125. The Morgan fingerprint density at radius 1 is 1.42 bits per heavy atom. The number of benzene rings is 1. The van der Waals surface area contributed by atoms with Crippen LogP contribution in [0.15, 0.2) is 29.4 Å². The van der Waals surface area contributed by atoms with Crippen LogP contribution >= 0.6 is 0 Å². The van der Waals surface area contributed by atoms with Gasteiger partial charge in [-0.3, -0.25) is 0 Å². The molecule has 0 saturated carbocycles. The van der Waals surface area contributed by atoms with E-state index in [1.807, 2.05) is 19.2 Å². The Morgan fingerprint density at radius 3 is 2.83 bits per heavy atom. The second-order valence-electron chi connectivity index (χ2n) is 2.54. The van der Waals surface area contributed by atoms with E-state index in [2.05, 4.69) is 21.8 Å². The second-order valence-corrected chi connectivity index (χ2v) is 4.66. The predicted octanol–water partition coefficient (Wildman–Crippen LogP) is 0.00970. The Kier molecular flexibility index (Phi) is 1.79. The van der Waals surface area contributed by atoms with E-state index in [-0.39, 0.29) is 0 Å². The summed E-state index contributed by atoms with van der Waals surface area (Å²) >= 11 is 0.292. The third-order valence-corrected chi connectivity index (χ3v) is 4.19. The quantitative estimate of drug-likeness (QED) is 0.384. The van der Waals surface area contributed by atoms with Crippen molar-refractivity contribution in [2.75, 3.05) is 0 Å². The van der Waals surface area contributed by atoms with E-state index in [0.717, 1.165) is 4.36 Å². The van der Waals surface area contributed by atoms with Crippen LogP contribution in [0.5, 0.6) is 0 Å². The predicted molar refractivity (Wildman–Crippen MR) is 49.6 cm³/mol. The molecule has 1 aromatic carbocycles. The molecule has 0 bridgehead atoms.